The van der Waals surface area contributed by atoms with Crippen molar-refractivity contribution in [1.29, 1.82) is 5.26 Å². The molecule has 7 nitrogen and oxygen atoms in total. The van der Waals surface area contributed by atoms with E-state index in [0.717, 1.165) is 24.3 Å². The Balaban J connectivity index is 0.000000327. The smallest absolute Gasteiger partial charge is 0.259 e. The van der Waals surface area contributed by atoms with Crippen LogP contribution in [0.5, 0.6) is 0 Å². The van der Waals surface area contributed by atoms with Crippen LogP contribution in [0.15, 0.2) is 77.5 Å². The maximum absolute atomic E-state index is 13.8. The highest BCUT2D eigenvalue weighted by Gasteiger charge is 2.33. The number of halogens is 10. The molecule has 2 heterocycles. The van der Waals surface area contributed by atoms with Gasteiger partial charge in [-0.3, -0.25) is 9.97 Å². The molecular formula is C37H37Cl2F8N5O2S2. The molecule has 0 fully saturated rings. The van der Waals surface area contributed by atoms with E-state index in [1.165, 1.54) is 36.7 Å². The highest BCUT2D eigenvalue weighted by molar-refractivity contribution is 7.85. The van der Waals surface area contributed by atoms with Gasteiger partial charge >= 0.3 is 12.4 Å². The van der Waals surface area contributed by atoms with Crippen molar-refractivity contribution in [3.8, 4) is 6.07 Å². The summed E-state index contributed by atoms with van der Waals surface area (Å²) in [5.74, 6) is -2.86. The van der Waals surface area contributed by atoms with Crippen LogP contribution in [0.4, 0.5) is 35.1 Å². The van der Waals surface area contributed by atoms with Gasteiger partial charge in [0.25, 0.3) is 0 Å². The van der Waals surface area contributed by atoms with Crippen molar-refractivity contribution in [3.63, 3.8) is 0 Å². The molecule has 0 aliphatic heterocycles. The van der Waals surface area contributed by atoms with Crippen LogP contribution in [0.3, 0.4) is 0 Å². The minimum Gasteiger partial charge on any atom is -0.259 e. The quantitative estimate of drug-likeness (QED) is 0.147. The zero-order valence-corrected chi connectivity index (χ0v) is 34.1. The van der Waals surface area contributed by atoms with Gasteiger partial charge in [-0.2, -0.15) is 36.0 Å². The summed E-state index contributed by atoms with van der Waals surface area (Å²) in [4.78, 5) is 8.02. The summed E-state index contributed by atoms with van der Waals surface area (Å²) in [7, 11) is -0.995. The van der Waals surface area contributed by atoms with Crippen molar-refractivity contribution in [3.05, 3.63) is 128 Å². The predicted octanol–water partition coefficient (Wildman–Crippen LogP) is 10.8. The number of nitriles is 1. The van der Waals surface area contributed by atoms with Gasteiger partial charge in [0.05, 0.1) is 53.4 Å². The van der Waals surface area contributed by atoms with E-state index in [1.807, 2.05) is 26.8 Å². The number of nitrogens with one attached hydrogen (secondary N) is 1. The predicted molar refractivity (Wildman–Crippen MR) is 204 cm³/mol. The zero-order valence-electron chi connectivity index (χ0n) is 30.9. The molecule has 0 aliphatic rings. The van der Waals surface area contributed by atoms with Crippen molar-refractivity contribution in [2.24, 2.45) is 4.40 Å². The maximum Gasteiger partial charge on any atom is 0.416 e. The Hall–Kier alpha value is -3.82. The van der Waals surface area contributed by atoms with Gasteiger partial charge in [-0.05, 0) is 115 Å². The fourth-order valence-corrected chi connectivity index (χ4v) is 5.71. The average molecular weight is 871 g/mol. The summed E-state index contributed by atoms with van der Waals surface area (Å²) >= 11 is 11.5. The number of rotatable bonds is 7. The number of pyridine rings is 2. The summed E-state index contributed by atoms with van der Waals surface area (Å²) in [5, 5.41) is 9.55. The summed E-state index contributed by atoms with van der Waals surface area (Å²) in [6, 6.07) is 12.0. The first-order valence-electron chi connectivity index (χ1n) is 16.1. The number of benzene rings is 2. The van der Waals surface area contributed by atoms with Gasteiger partial charge in [0.1, 0.15) is 28.3 Å². The molecule has 2 aromatic heterocycles. The van der Waals surface area contributed by atoms with Crippen molar-refractivity contribution >= 4 is 50.9 Å². The van der Waals surface area contributed by atoms with Crippen molar-refractivity contribution in [2.75, 3.05) is 7.05 Å². The van der Waals surface area contributed by atoms with Gasteiger partial charge < -0.3 is 0 Å². The number of alkyl halides is 6. The van der Waals surface area contributed by atoms with Crippen LogP contribution in [0.2, 0.25) is 10.0 Å². The molecule has 0 bridgehead atoms. The molecule has 3 atom stereocenters. The first-order valence-corrected chi connectivity index (χ1v) is 19.1. The van der Waals surface area contributed by atoms with E-state index >= 15 is 0 Å². The minimum absolute atomic E-state index is 0.0451. The van der Waals surface area contributed by atoms with Crippen LogP contribution in [0.25, 0.3) is 0 Å². The molecule has 0 spiro atoms. The van der Waals surface area contributed by atoms with E-state index in [2.05, 4.69) is 19.1 Å². The van der Waals surface area contributed by atoms with Crippen LogP contribution in [0.1, 0.15) is 87.5 Å². The molecule has 56 heavy (non-hydrogen) atoms. The summed E-state index contributed by atoms with van der Waals surface area (Å²) in [5.41, 5.74) is -2.03. The van der Waals surface area contributed by atoms with Crippen LogP contribution in [0, 0.1) is 23.0 Å². The Morgan fingerprint density at radius 2 is 1.30 bits per heavy atom. The summed E-state index contributed by atoms with van der Waals surface area (Å²) < 4.78 is 134. The highest BCUT2D eigenvalue weighted by Crippen LogP contribution is 2.35. The average Bonchev–Trinajstić information content (AvgIpc) is 3.08. The van der Waals surface area contributed by atoms with E-state index < -0.39 is 67.8 Å². The molecule has 304 valence electrons. The summed E-state index contributed by atoms with van der Waals surface area (Å²) in [6.45, 7) is 10.8. The topological polar surface area (TPSA) is 108 Å². The highest BCUT2D eigenvalue weighted by atomic mass is 35.5. The molecule has 0 saturated carbocycles. The maximum atomic E-state index is 13.8. The normalized spacial score (nSPS) is 14.0. The largest absolute Gasteiger partial charge is 0.416 e. The lowest BCUT2D eigenvalue weighted by Gasteiger charge is -2.16. The Morgan fingerprint density at radius 1 is 0.786 bits per heavy atom. The minimum atomic E-state index is -4.74. The SMILES string of the molecule is CC(C)(C)[S@](=O)N=C(c1cc(F)cc(C(F)(F)F)c1)c1ccc(Cl)cn1.CN[S@@](=O)C(C)(C)C.N#CC[C@@H](c1cc(F)cc(C(F)(F)F)c1)c1ccc(Cl)cn1. The van der Waals surface area contributed by atoms with E-state index in [1.54, 1.807) is 27.8 Å². The van der Waals surface area contributed by atoms with E-state index in [4.69, 9.17) is 28.5 Å². The van der Waals surface area contributed by atoms with Crippen molar-refractivity contribution < 1.29 is 43.5 Å². The van der Waals surface area contributed by atoms with E-state index in [0.29, 0.717) is 27.9 Å². The van der Waals surface area contributed by atoms with Crippen LogP contribution in [-0.2, 0) is 34.3 Å². The molecule has 2 aromatic carbocycles. The Kier molecular flexibility index (Phi) is 17.3. The number of aromatic nitrogens is 2. The summed E-state index contributed by atoms with van der Waals surface area (Å²) in [6.07, 6.45) is -6.93. The number of hydrogen-bond donors (Lipinski definition) is 1. The monoisotopic (exact) mass is 869 g/mol. The van der Waals surface area contributed by atoms with Crippen molar-refractivity contribution in [2.45, 2.75) is 75.7 Å². The van der Waals surface area contributed by atoms with Gasteiger partial charge in [0.15, 0.2) is 0 Å². The van der Waals surface area contributed by atoms with Gasteiger partial charge in [-0.15, -0.1) is 0 Å². The van der Waals surface area contributed by atoms with Crippen LogP contribution < -0.4 is 4.72 Å². The first kappa shape index (κ1) is 48.3. The Labute approximate surface area is 334 Å². The lowest BCUT2D eigenvalue weighted by Crippen LogP contribution is -2.30. The second-order valence-corrected chi connectivity index (χ2v) is 18.5. The molecule has 19 heteroatoms. The second kappa shape index (κ2) is 20.0. The third-order valence-corrected chi connectivity index (χ3v) is 10.3. The molecule has 0 aliphatic carbocycles. The molecule has 0 saturated heterocycles. The van der Waals surface area contributed by atoms with Gasteiger partial charge in [0, 0.05) is 36.0 Å². The number of nitrogens with zero attached hydrogens (tertiary/aromatic N) is 4. The Bertz CT molecular complexity index is 2060. The van der Waals surface area contributed by atoms with Gasteiger partial charge in [-0.1, -0.05) is 23.2 Å². The van der Waals surface area contributed by atoms with Gasteiger partial charge in [0.2, 0.25) is 0 Å². The van der Waals surface area contributed by atoms with E-state index in [-0.39, 0.29) is 33.7 Å². The van der Waals surface area contributed by atoms with Gasteiger partial charge in [-0.25, -0.2) is 21.9 Å². The van der Waals surface area contributed by atoms with Crippen molar-refractivity contribution in [1.82, 2.24) is 14.7 Å². The van der Waals surface area contributed by atoms with Crippen LogP contribution >= 0.6 is 23.2 Å². The molecule has 4 aromatic rings. The standard InChI is InChI=1S/C17H15ClF4N2OS.C15H9ClF4N2.C5H13NOS/c1-16(2,3)26(25)24-15(14-5-4-12(18)9-23-14)10-6-11(17(20,21)22)8-13(19)7-10;16-11-1-2-14(22-8-11)13(3-4-21)9-5-10(15(18,19)20)7-12(17)6-9;1-5(2,3)8(7)6-4/h4-9H,1-3H3;1-2,5-8,13H,3H2;6H,1-4H3/t26-;13-;8-/m000/s1. The molecule has 4 rings (SSSR count). The zero-order chi connectivity index (χ0) is 42.8. The lowest BCUT2D eigenvalue weighted by atomic mass is 9.91. The van der Waals surface area contributed by atoms with Crippen LogP contribution in [-0.4, -0.2) is 40.6 Å². The molecule has 1 N–H and O–H groups in total. The lowest BCUT2D eigenvalue weighted by molar-refractivity contribution is -0.138. The fraction of sp³-hybridized carbons (Fsp3) is 0.351. The molecule has 0 unspecified atom stereocenters. The third-order valence-electron chi connectivity index (χ3n) is 6.96. The fourth-order valence-electron chi connectivity index (χ4n) is 4.23. The Morgan fingerprint density at radius 3 is 1.71 bits per heavy atom. The van der Waals surface area contributed by atoms with E-state index in [9.17, 15) is 43.5 Å². The first-order chi connectivity index (χ1) is 25.7. The molecule has 0 radical (unpaired) electrons. The number of hydrogen-bond acceptors (Lipinski definition) is 5. The third kappa shape index (κ3) is 15.3. The second-order valence-electron chi connectivity index (χ2n) is 13.6. The molecule has 0 amide bonds. The molecular weight excluding hydrogens is 833 g/mol.